The highest BCUT2D eigenvalue weighted by atomic mass is 19.1. The van der Waals surface area contributed by atoms with Crippen LogP contribution in [0.2, 0.25) is 0 Å². The average molecular weight is 244 g/mol. The van der Waals surface area contributed by atoms with Crippen LogP contribution in [0.4, 0.5) is 15.8 Å². The first-order valence-corrected chi connectivity index (χ1v) is 5.89. The average Bonchev–Trinajstić information content (AvgIpc) is 2.32. The molecule has 0 amide bonds. The molecule has 0 atom stereocenters. The zero-order valence-corrected chi connectivity index (χ0v) is 10.7. The molecule has 2 rings (SSSR count). The Labute approximate surface area is 107 Å². The Hall–Kier alpha value is -2.03. The lowest BCUT2D eigenvalue weighted by Crippen LogP contribution is -2.19. The molecule has 2 aromatic rings. The van der Waals surface area contributed by atoms with Gasteiger partial charge in [0.15, 0.2) is 0 Å². The van der Waals surface area contributed by atoms with Gasteiger partial charge in [-0.05, 0) is 24.6 Å². The first-order valence-electron chi connectivity index (χ1n) is 5.89. The van der Waals surface area contributed by atoms with E-state index in [4.69, 9.17) is 5.73 Å². The third kappa shape index (κ3) is 2.45. The van der Waals surface area contributed by atoms with Crippen molar-refractivity contribution < 1.29 is 4.39 Å². The van der Waals surface area contributed by atoms with Gasteiger partial charge in [0.2, 0.25) is 0 Å². The minimum atomic E-state index is -0.184. The Morgan fingerprint density at radius 3 is 2.50 bits per heavy atom. The Morgan fingerprint density at radius 2 is 1.83 bits per heavy atom. The molecule has 0 aliphatic carbocycles. The highest BCUT2D eigenvalue weighted by Crippen LogP contribution is 2.27. The summed E-state index contributed by atoms with van der Waals surface area (Å²) < 4.78 is 13.6. The van der Waals surface area contributed by atoms with Gasteiger partial charge in [0.25, 0.3) is 0 Å². The molecule has 0 unspecified atom stereocenters. The van der Waals surface area contributed by atoms with Crippen molar-refractivity contribution in [2.45, 2.75) is 13.5 Å². The maximum Gasteiger partial charge on any atom is 0.128 e. The minimum Gasteiger partial charge on any atom is -0.397 e. The number of rotatable bonds is 3. The summed E-state index contributed by atoms with van der Waals surface area (Å²) in [4.78, 5) is 1.98. The van der Waals surface area contributed by atoms with Crippen molar-refractivity contribution in [2.75, 3.05) is 17.7 Å². The molecule has 94 valence electrons. The molecule has 0 saturated carbocycles. The van der Waals surface area contributed by atoms with E-state index in [0.717, 1.165) is 11.3 Å². The zero-order valence-electron chi connectivity index (χ0n) is 10.7. The molecule has 18 heavy (non-hydrogen) atoms. The monoisotopic (exact) mass is 244 g/mol. The summed E-state index contributed by atoms with van der Waals surface area (Å²) in [5.74, 6) is -0.184. The van der Waals surface area contributed by atoms with Crippen molar-refractivity contribution in [3.63, 3.8) is 0 Å². The smallest absolute Gasteiger partial charge is 0.128 e. The molecule has 2 N–H and O–H groups in total. The number of halogens is 1. The van der Waals surface area contributed by atoms with Crippen molar-refractivity contribution in [3.8, 4) is 0 Å². The van der Waals surface area contributed by atoms with Crippen LogP contribution in [0.3, 0.4) is 0 Å². The largest absolute Gasteiger partial charge is 0.397 e. The number of anilines is 2. The molecule has 0 aromatic heterocycles. The second kappa shape index (κ2) is 5.08. The molecule has 0 radical (unpaired) electrons. The molecule has 3 heteroatoms. The van der Waals surface area contributed by atoms with Gasteiger partial charge in [-0.25, -0.2) is 4.39 Å². The van der Waals surface area contributed by atoms with Gasteiger partial charge in [-0.15, -0.1) is 0 Å². The van der Waals surface area contributed by atoms with Crippen molar-refractivity contribution in [1.82, 2.24) is 0 Å². The van der Waals surface area contributed by atoms with E-state index < -0.39 is 0 Å². The van der Waals surface area contributed by atoms with E-state index >= 15 is 0 Å². The predicted octanol–water partition coefficient (Wildman–Crippen LogP) is 3.35. The maximum absolute atomic E-state index is 13.6. The number of nitrogen functional groups attached to an aromatic ring is 1. The SMILES string of the molecule is Cc1cccc(N)c1N(C)Cc1ccccc1F. The van der Waals surface area contributed by atoms with E-state index in [1.807, 2.05) is 43.1 Å². The van der Waals surface area contributed by atoms with Gasteiger partial charge < -0.3 is 10.6 Å². The standard InChI is InChI=1S/C15H17FN2/c1-11-6-5-9-14(17)15(11)18(2)10-12-7-3-4-8-13(12)16/h3-9H,10,17H2,1-2H3. The van der Waals surface area contributed by atoms with E-state index in [9.17, 15) is 4.39 Å². The van der Waals surface area contributed by atoms with Gasteiger partial charge in [-0.3, -0.25) is 0 Å². The van der Waals surface area contributed by atoms with Gasteiger partial charge in [0.1, 0.15) is 5.82 Å². The highest BCUT2D eigenvalue weighted by molar-refractivity contribution is 5.71. The van der Waals surface area contributed by atoms with Crippen LogP contribution in [0.5, 0.6) is 0 Å². The second-order valence-electron chi connectivity index (χ2n) is 4.46. The maximum atomic E-state index is 13.6. The van der Waals surface area contributed by atoms with Crippen molar-refractivity contribution in [2.24, 2.45) is 0 Å². The molecule has 0 bridgehead atoms. The predicted molar refractivity (Wildman–Crippen MR) is 74.1 cm³/mol. The van der Waals surface area contributed by atoms with Crippen LogP contribution in [0.1, 0.15) is 11.1 Å². The Bertz CT molecular complexity index is 532. The van der Waals surface area contributed by atoms with Crippen LogP contribution in [-0.4, -0.2) is 7.05 Å². The quantitative estimate of drug-likeness (QED) is 0.839. The number of nitrogens with zero attached hydrogens (tertiary/aromatic N) is 1. The van der Waals surface area contributed by atoms with Crippen molar-refractivity contribution in [1.29, 1.82) is 0 Å². The lowest BCUT2D eigenvalue weighted by Gasteiger charge is -2.23. The Kier molecular flexibility index (Phi) is 3.51. The first-order chi connectivity index (χ1) is 8.59. The molecule has 0 saturated heterocycles. The Balaban J connectivity index is 2.28. The van der Waals surface area contributed by atoms with E-state index in [1.165, 1.54) is 6.07 Å². The number of hydrogen-bond acceptors (Lipinski definition) is 2. The normalized spacial score (nSPS) is 10.4. The molecule has 2 nitrogen and oxygen atoms in total. The van der Waals surface area contributed by atoms with Crippen molar-refractivity contribution >= 4 is 11.4 Å². The van der Waals surface area contributed by atoms with E-state index in [-0.39, 0.29) is 5.82 Å². The van der Waals surface area contributed by atoms with Crippen LogP contribution in [0.25, 0.3) is 0 Å². The van der Waals surface area contributed by atoms with Crippen LogP contribution in [0, 0.1) is 12.7 Å². The van der Waals surface area contributed by atoms with Gasteiger partial charge in [-0.2, -0.15) is 0 Å². The summed E-state index contributed by atoms with van der Waals surface area (Å²) in [5.41, 5.74) is 9.41. The third-order valence-corrected chi connectivity index (χ3v) is 3.02. The fraction of sp³-hybridized carbons (Fsp3) is 0.200. The van der Waals surface area contributed by atoms with Gasteiger partial charge >= 0.3 is 0 Å². The lowest BCUT2D eigenvalue weighted by atomic mass is 10.1. The molecular weight excluding hydrogens is 227 g/mol. The number of para-hydroxylation sites is 1. The number of benzene rings is 2. The fourth-order valence-corrected chi connectivity index (χ4v) is 2.16. The highest BCUT2D eigenvalue weighted by Gasteiger charge is 2.10. The lowest BCUT2D eigenvalue weighted by molar-refractivity contribution is 0.608. The van der Waals surface area contributed by atoms with Crippen LogP contribution in [0.15, 0.2) is 42.5 Å². The zero-order chi connectivity index (χ0) is 13.1. The van der Waals surface area contributed by atoms with Crippen LogP contribution < -0.4 is 10.6 Å². The van der Waals surface area contributed by atoms with E-state index in [2.05, 4.69) is 0 Å². The first kappa shape index (κ1) is 12.4. The Morgan fingerprint density at radius 1 is 1.11 bits per heavy atom. The van der Waals surface area contributed by atoms with Crippen molar-refractivity contribution in [3.05, 3.63) is 59.4 Å². The minimum absolute atomic E-state index is 0.184. The summed E-state index contributed by atoms with van der Waals surface area (Å²) in [5, 5.41) is 0. The van der Waals surface area contributed by atoms with Crippen LogP contribution >= 0.6 is 0 Å². The summed E-state index contributed by atoms with van der Waals surface area (Å²) >= 11 is 0. The van der Waals surface area contributed by atoms with Crippen LogP contribution in [-0.2, 0) is 6.54 Å². The van der Waals surface area contributed by atoms with E-state index in [0.29, 0.717) is 17.8 Å². The molecule has 2 aromatic carbocycles. The third-order valence-electron chi connectivity index (χ3n) is 3.02. The summed E-state index contributed by atoms with van der Waals surface area (Å²) in [6.07, 6.45) is 0. The summed E-state index contributed by atoms with van der Waals surface area (Å²) in [6.45, 7) is 2.51. The molecule has 0 aliphatic rings. The second-order valence-corrected chi connectivity index (χ2v) is 4.46. The molecule has 0 heterocycles. The number of nitrogens with two attached hydrogens (primary N) is 1. The van der Waals surface area contributed by atoms with Gasteiger partial charge in [-0.1, -0.05) is 30.3 Å². The number of hydrogen-bond donors (Lipinski definition) is 1. The summed E-state index contributed by atoms with van der Waals surface area (Å²) in [6, 6.07) is 12.6. The summed E-state index contributed by atoms with van der Waals surface area (Å²) in [7, 11) is 1.92. The molecule has 0 aliphatic heterocycles. The van der Waals surface area contributed by atoms with Gasteiger partial charge in [0.05, 0.1) is 11.4 Å². The number of aryl methyl sites for hydroxylation is 1. The fourth-order valence-electron chi connectivity index (χ4n) is 2.16. The molecule has 0 fully saturated rings. The topological polar surface area (TPSA) is 29.3 Å². The van der Waals surface area contributed by atoms with E-state index in [1.54, 1.807) is 12.1 Å². The van der Waals surface area contributed by atoms with Gasteiger partial charge in [0, 0.05) is 19.2 Å². The molecule has 0 spiro atoms. The molecular formula is C15H17FN2.